The highest BCUT2D eigenvalue weighted by atomic mass is 16.3. The predicted octanol–water partition coefficient (Wildman–Crippen LogP) is -0.206. The van der Waals surface area contributed by atoms with Crippen molar-refractivity contribution < 1.29 is 10.2 Å². The molecule has 0 spiro atoms. The van der Waals surface area contributed by atoms with Crippen LogP contribution < -0.4 is 16.0 Å². The summed E-state index contributed by atoms with van der Waals surface area (Å²) >= 11 is 0. The van der Waals surface area contributed by atoms with Crippen LogP contribution in [0.1, 0.15) is 11.6 Å². The lowest BCUT2D eigenvalue weighted by Crippen LogP contribution is -2.43. The number of aliphatic hydroxyl groups is 1. The van der Waals surface area contributed by atoms with Crippen LogP contribution in [-0.4, -0.2) is 43.0 Å². The zero-order valence-corrected chi connectivity index (χ0v) is 9.76. The molecular formula is C12H19N3O2. The van der Waals surface area contributed by atoms with Gasteiger partial charge in [0, 0.05) is 43.5 Å². The van der Waals surface area contributed by atoms with Crippen LogP contribution in [0.4, 0.5) is 5.69 Å². The number of hydrogen-bond donors (Lipinski definition) is 4. The molecule has 0 aromatic heterocycles. The minimum atomic E-state index is -0.521. The zero-order chi connectivity index (χ0) is 12.3. The second-order valence-electron chi connectivity index (χ2n) is 4.27. The summed E-state index contributed by atoms with van der Waals surface area (Å²) < 4.78 is 0. The third-order valence-electron chi connectivity index (χ3n) is 3.09. The van der Waals surface area contributed by atoms with E-state index in [9.17, 15) is 5.11 Å². The van der Waals surface area contributed by atoms with Crippen molar-refractivity contribution in [3.05, 3.63) is 23.8 Å². The van der Waals surface area contributed by atoms with Crippen molar-refractivity contribution in [3.63, 3.8) is 0 Å². The number of anilines is 1. The number of benzene rings is 1. The van der Waals surface area contributed by atoms with Crippen LogP contribution in [0, 0.1) is 0 Å². The molecule has 1 fully saturated rings. The highest BCUT2D eigenvalue weighted by Gasteiger charge is 2.14. The maximum atomic E-state index is 9.89. The monoisotopic (exact) mass is 237 g/mol. The van der Waals surface area contributed by atoms with Crippen LogP contribution in [0.25, 0.3) is 0 Å². The molecule has 1 aromatic rings. The predicted molar refractivity (Wildman–Crippen MR) is 67.2 cm³/mol. The van der Waals surface area contributed by atoms with Crippen LogP contribution in [-0.2, 0) is 0 Å². The molecular weight excluding hydrogens is 218 g/mol. The molecule has 1 atom stereocenters. The third-order valence-corrected chi connectivity index (χ3v) is 3.09. The number of hydrogen-bond acceptors (Lipinski definition) is 5. The van der Waals surface area contributed by atoms with Crippen LogP contribution in [0.5, 0.6) is 5.75 Å². The summed E-state index contributed by atoms with van der Waals surface area (Å²) in [7, 11) is 0. The Kier molecular flexibility index (Phi) is 3.83. The van der Waals surface area contributed by atoms with Crippen molar-refractivity contribution in [1.29, 1.82) is 0 Å². The van der Waals surface area contributed by atoms with E-state index in [1.807, 2.05) is 6.07 Å². The van der Waals surface area contributed by atoms with Crippen LogP contribution >= 0.6 is 0 Å². The van der Waals surface area contributed by atoms with Gasteiger partial charge in [0.1, 0.15) is 5.75 Å². The molecule has 17 heavy (non-hydrogen) atoms. The first-order chi connectivity index (χ1) is 8.22. The number of nitrogens with one attached hydrogen (secondary N) is 1. The lowest BCUT2D eigenvalue weighted by Gasteiger charge is -2.29. The number of nitrogens with zero attached hydrogens (tertiary/aromatic N) is 1. The average Bonchev–Trinajstić information content (AvgIpc) is 2.39. The van der Waals surface area contributed by atoms with Crippen LogP contribution in [0.2, 0.25) is 0 Å². The Hall–Kier alpha value is -1.30. The second-order valence-corrected chi connectivity index (χ2v) is 4.27. The Labute approximate surface area is 101 Å². The molecule has 5 heteroatoms. The number of aliphatic hydroxyl groups excluding tert-OH is 1. The highest BCUT2D eigenvalue weighted by Crippen LogP contribution is 2.28. The highest BCUT2D eigenvalue weighted by molar-refractivity contribution is 5.54. The molecule has 0 unspecified atom stereocenters. The Balaban J connectivity index is 2.17. The summed E-state index contributed by atoms with van der Waals surface area (Å²) in [5.74, 6) is 0.155. The van der Waals surface area contributed by atoms with E-state index in [0.29, 0.717) is 5.56 Å². The Morgan fingerprint density at radius 2 is 2.06 bits per heavy atom. The van der Waals surface area contributed by atoms with Crippen molar-refractivity contribution in [1.82, 2.24) is 5.32 Å². The summed E-state index contributed by atoms with van der Waals surface area (Å²) in [5, 5.41) is 22.1. The third kappa shape index (κ3) is 2.69. The SMILES string of the molecule is N[C@@H](CO)c1ccc(N2CCNCC2)cc1O. The molecule has 1 heterocycles. The standard InChI is InChI=1S/C12H19N3O2/c13-11(8-16)10-2-1-9(7-12(10)17)15-5-3-14-4-6-15/h1-2,7,11,14,16-17H,3-6,8,13H2/t11-/m0/s1. The lowest BCUT2D eigenvalue weighted by atomic mass is 10.1. The Bertz CT molecular complexity index is 378. The number of nitrogens with two attached hydrogens (primary N) is 1. The van der Waals surface area contributed by atoms with E-state index in [4.69, 9.17) is 10.8 Å². The van der Waals surface area contributed by atoms with Gasteiger partial charge in [-0.3, -0.25) is 0 Å². The zero-order valence-electron chi connectivity index (χ0n) is 9.76. The second kappa shape index (κ2) is 5.35. The molecule has 0 amide bonds. The van der Waals surface area contributed by atoms with Gasteiger partial charge in [-0.2, -0.15) is 0 Å². The van der Waals surface area contributed by atoms with Crippen molar-refractivity contribution in [2.24, 2.45) is 5.73 Å². The molecule has 1 aliphatic heterocycles. The fraction of sp³-hybridized carbons (Fsp3) is 0.500. The average molecular weight is 237 g/mol. The summed E-state index contributed by atoms with van der Waals surface area (Å²) in [6.07, 6.45) is 0. The largest absolute Gasteiger partial charge is 0.508 e. The topological polar surface area (TPSA) is 81.8 Å². The van der Waals surface area contributed by atoms with Gasteiger partial charge < -0.3 is 26.2 Å². The van der Waals surface area contributed by atoms with Gasteiger partial charge in [0.25, 0.3) is 0 Å². The molecule has 0 aliphatic carbocycles. The van der Waals surface area contributed by atoms with E-state index in [1.54, 1.807) is 12.1 Å². The quantitative estimate of drug-likeness (QED) is 0.585. The molecule has 0 saturated carbocycles. The Morgan fingerprint density at radius 3 is 2.65 bits per heavy atom. The fourth-order valence-electron chi connectivity index (χ4n) is 2.06. The number of phenolic OH excluding ortho intramolecular Hbond substituents is 1. The molecule has 0 radical (unpaired) electrons. The van der Waals surface area contributed by atoms with Crippen molar-refractivity contribution in [2.75, 3.05) is 37.7 Å². The van der Waals surface area contributed by atoms with Gasteiger partial charge in [-0.05, 0) is 6.07 Å². The van der Waals surface area contributed by atoms with Gasteiger partial charge in [0.15, 0.2) is 0 Å². The lowest BCUT2D eigenvalue weighted by molar-refractivity contribution is 0.265. The minimum Gasteiger partial charge on any atom is -0.508 e. The minimum absolute atomic E-state index is 0.155. The molecule has 1 aliphatic rings. The van der Waals surface area contributed by atoms with Crippen molar-refractivity contribution >= 4 is 5.69 Å². The molecule has 5 nitrogen and oxygen atoms in total. The molecule has 2 rings (SSSR count). The van der Waals surface area contributed by atoms with Gasteiger partial charge in [0.2, 0.25) is 0 Å². The molecule has 5 N–H and O–H groups in total. The fourth-order valence-corrected chi connectivity index (χ4v) is 2.06. The Morgan fingerprint density at radius 1 is 1.35 bits per heavy atom. The summed E-state index contributed by atoms with van der Waals surface area (Å²) in [6.45, 7) is 3.62. The van der Waals surface area contributed by atoms with Crippen LogP contribution in [0.3, 0.4) is 0 Å². The van der Waals surface area contributed by atoms with Gasteiger partial charge in [-0.15, -0.1) is 0 Å². The maximum Gasteiger partial charge on any atom is 0.122 e. The van der Waals surface area contributed by atoms with E-state index in [-0.39, 0.29) is 12.4 Å². The maximum absolute atomic E-state index is 9.89. The van der Waals surface area contributed by atoms with Crippen molar-refractivity contribution in [3.8, 4) is 5.75 Å². The van der Waals surface area contributed by atoms with E-state index in [2.05, 4.69) is 10.2 Å². The van der Waals surface area contributed by atoms with E-state index in [1.165, 1.54) is 0 Å². The molecule has 1 saturated heterocycles. The van der Waals surface area contributed by atoms with E-state index in [0.717, 1.165) is 31.9 Å². The first kappa shape index (κ1) is 12.2. The van der Waals surface area contributed by atoms with E-state index >= 15 is 0 Å². The molecule has 94 valence electrons. The van der Waals surface area contributed by atoms with Gasteiger partial charge in [-0.1, -0.05) is 6.07 Å². The normalized spacial score (nSPS) is 18.1. The molecule has 0 bridgehead atoms. The number of phenols is 1. The van der Waals surface area contributed by atoms with Crippen LogP contribution in [0.15, 0.2) is 18.2 Å². The smallest absolute Gasteiger partial charge is 0.122 e. The van der Waals surface area contributed by atoms with Gasteiger partial charge in [-0.25, -0.2) is 0 Å². The van der Waals surface area contributed by atoms with Gasteiger partial charge >= 0.3 is 0 Å². The number of piperazine rings is 1. The van der Waals surface area contributed by atoms with Gasteiger partial charge in [0.05, 0.1) is 12.6 Å². The van der Waals surface area contributed by atoms with E-state index < -0.39 is 6.04 Å². The summed E-state index contributed by atoms with van der Waals surface area (Å²) in [6, 6.07) is 4.92. The summed E-state index contributed by atoms with van der Waals surface area (Å²) in [5.41, 5.74) is 7.28. The van der Waals surface area contributed by atoms with Crippen molar-refractivity contribution in [2.45, 2.75) is 6.04 Å². The summed E-state index contributed by atoms with van der Waals surface area (Å²) in [4.78, 5) is 2.21. The number of aromatic hydroxyl groups is 1. The first-order valence-electron chi connectivity index (χ1n) is 5.87. The number of rotatable bonds is 3. The molecule has 1 aromatic carbocycles. The first-order valence-corrected chi connectivity index (χ1v) is 5.87.